The molecule has 0 aliphatic heterocycles. The lowest BCUT2D eigenvalue weighted by atomic mass is 10.1. The number of halogens is 2. The molecule has 94 valence electrons. The number of rotatable bonds is 5. The molecule has 1 aromatic rings. The minimum Gasteiger partial charge on any atom is -0.384 e. The van der Waals surface area contributed by atoms with Crippen LogP contribution in [0.3, 0.4) is 0 Å². The van der Waals surface area contributed by atoms with Gasteiger partial charge < -0.3 is 10.1 Å². The molecule has 17 heavy (non-hydrogen) atoms. The van der Waals surface area contributed by atoms with Crippen LogP contribution in [-0.2, 0) is 9.53 Å². The second-order valence-corrected chi connectivity index (χ2v) is 3.79. The van der Waals surface area contributed by atoms with Gasteiger partial charge in [0.25, 0.3) is 0 Å². The molecular formula is C11H14F2N2O2. The van der Waals surface area contributed by atoms with E-state index in [0.717, 1.165) is 12.1 Å². The molecule has 1 N–H and O–H groups in total. The van der Waals surface area contributed by atoms with Crippen molar-refractivity contribution in [2.45, 2.75) is 13.3 Å². The molecule has 1 aromatic heterocycles. The van der Waals surface area contributed by atoms with Crippen molar-refractivity contribution in [3.63, 3.8) is 0 Å². The minimum absolute atomic E-state index is 0.0245. The number of nitrogens with one attached hydrogen (secondary N) is 1. The summed E-state index contributed by atoms with van der Waals surface area (Å²) < 4.78 is 30.5. The maximum Gasteiger partial charge on any atom is 0.239 e. The Kier molecular flexibility index (Phi) is 4.96. The van der Waals surface area contributed by atoms with Gasteiger partial charge in [0, 0.05) is 20.1 Å². The largest absolute Gasteiger partial charge is 0.384 e. The van der Waals surface area contributed by atoms with Gasteiger partial charge in [0.2, 0.25) is 17.8 Å². The Hall–Kier alpha value is -1.56. The molecular weight excluding hydrogens is 230 g/mol. The minimum atomic E-state index is -1.03. The Morgan fingerprint density at radius 1 is 1.53 bits per heavy atom. The fourth-order valence-corrected chi connectivity index (χ4v) is 1.37. The Labute approximate surface area is 98.0 Å². The van der Waals surface area contributed by atoms with Gasteiger partial charge in [-0.15, -0.1) is 0 Å². The number of ether oxygens (including phenoxy) is 1. The van der Waals surface area contributed by atoms with Crippen LogP contribution in [0.4, 0.5) is 14.5 Å². The number of hydrogen-bond donors (Lipinski definition) is 1. The van der Waals surface area contributed by atoms with Crippen LogP contribution in [0.5, 0.6) is 0 Å². The van der Waals surface area contributed by atoms with Gasteiger partial charge >= 0.3 is 0 Å². The molecule has 0 fully saturated rings. The first-order valence-corrected chi connectivity index (χ1v) is 5.13. The third-order valence-corrected chi connectivity index (χ3v) is 2.07. The number of anilines is 1. The molecule has 1 heterocycles. The monoisotopic (exact) mass is 244 g/mol. The molecule has 1 amide bonds. The Morgan fingerprint density at radius 2 is 2.24 bits per heavy atom. The summed E-state index contributed by atoms with van der Waals surface area (Å²) >= 11 is 0. The second-order valence-electron chi connectivity index (χ2n) is 3.79. The van der Waals surface area contributed by atoms with E-state index < -0.39 is 11.9 Å². The average molecular weight is 244 g/mol. The maximum absolute atomic E-state index is 13.1. The Balaban J connectivity index is 2.56. The van der Waals surface area contributed by atoms with E-state index in [4.69, 9.17) is 4.74 Å². The van der Waals surface area contributed by atoms with Crippen LogP contribution in [-0.4, -0.2) is 24.6 Å². The number of carbonyl (C=O) groups excluding carboxylic acids is 1. The molecule has 0 spiro atoms. The zero-order valence-corrected chi connectivity index (χ0v) is 9.67. The predicted molar refractivity (Wildman–Crippen MR) is 58.4 cm³/mol. The highest BCUT2D eigenvalue weighted by molar-refractivity contribution is 5.90. The molecule has 1 unspecified atom stereocenters. The molecule has 1 atom stereocenters. The molecule has 1 rings (SSSR count). The molecule has 4 nitrogen and oxygen atoms in total. The van der Waals surface area contributed by atoms with E-state index in [9.17, 15) is 13.6 Å². The molecule has 0 saturated heterocycles. The molecule has 0 aliphatic carbocycles. The van der Waals surface area contributed by atoms with Crippen molar-refractivity contribution < 1.29 is 18.3 Å². The summed E-state index contributed by atoms with van der Waals surface area (Å²) in [7, 11) is 1.54. The number of methoxy groups -OCH3 is 1. The lowest BCUT2D eigenvalue weighted by Gasteiger charge is -2.10. The highest BCUT2D eigenvalue weighted by Crippen LogP contribution is 2.13. The first kappa shape index (κ1) is 13.5. The van der Waals surface area contributed by atoms with Crippen molar-refractivity contribution in [2.24, 2.45) is 5.92 Å². The van der Waals surface area contributed by atoms with E-state index in [1.165, 1.54) is 7.11 Å². The quantitative estimate of drug-likeness (QED) is 0.806. The van der Waals surface area contributed by atoms with Crippen molar-refractivity contribution in [3.8, 4) is 0 Å². The van der Waals surface area contributed by atoms with Crippen LogP contribution in [0, 0.1) is 17.8 Å². The van der Waals surface area contributed by atoms with Gasteiger partial charge in [0.15, 0.2) is 0 Å². The van der Waals surface area contributed by atoms with E-state index in [1.807, 2.05) is 6.92 Å². The Bertz CT molecular complexity index is 399. The third kappa shape index (κ3) is 4.44. The number of carbonyl (C=O) groups is 1. The molecule has 0 aliphatic rings. The van der Waals surface area contributed by atoms with E-state index in [2.05, 4.69) is 10.3 Å². The first-order valence-electron chi connectivity index (χ1n) is 5.13. The first-order chi connectivity index (χ1) is 8.02. The second kappa shape index (κ2) is 6.24. The predicted octanol–water partition coefficient (Wildman–Crippen LogP) is 1.97. The summed E-state index contributed by atoms with van der Waals surface area (Å²) in [6, 6.07) is 2.12. The van der Waals surface area contributed by atoms with Gasteiger partial charge in [-0.1, -0.05) is 6.92 Å². The summed E-state index contributed by atoms with van der Waals surface area (Å²) in [4.78, 5) is 14.4. The molecule has 0 bridgehead atoms. The zero-order valence-electron chi connectivity index (χ0n) is 9.67. The molecule has 0 saturated carbocycles. The van der Waals surface area contributed by atoms with Gasteiger partial charge in [0.1, 0.15) is 0 Å². The normalized spacial score (nSPS) is 12.2. The van der Waals surface area contributed by atoms with Crippen LogP contribution >= 0.6 is 0 Å². The highest BCUT2D eigenvalue weighted by atomic mass is 19.1. The maximum atomic E-state index is 13.1. The van der Waals surface area contributed by atoms with Crippen molar-refractivity contribution in [1.29, 1.82) is 0 Å². The van der Waals surface area contributed by atoms with Gasteiger partial charge in [-0.2, -0.15) is 13.8 Å². The fourth-order valence-electron chi connectivity index (χ4n) is 1.37. The van der Waals surface area contributed by atoms with E-state index in [0.29, 0.717) is 6.61 Å². The summed E-state index contributed by atoms with van der Waals surface area (Å²) in [5, 5.41) is 2.33. The van der Waals surface area contributed by atoms with E-state index in [1.54, 1.807) is 0 Å². The van der Waals surface area contributed by atoms with Crippen molar-refractivity contribution in [1.82, 2.24) is 4.98 Å². The van der Waals surface area contributed by atoms with Crippen molar-refractivity contribution in [2.75, 3.05) is 19.0 Å². The smallest absolute Gasteiger partial charge is 0.239 e. The lowest BCUT2D eigenvalue weighted by molar-refractivity contribution is -0.117. The summed E-state index contributed by atoms with van der Waals surface area (Å²) in [6.07, 6.45) is 0.199. The van der Waals surface area contributed by atoms with Gasteiger partial charge in [0.05, 0.1) is 5.69 Å². The number of nitrogens with zero attached hydrogens (tertiary/aromatic N) is 1. The van der Waals surface area contributed by atoms with Gasteiger partial charge in [-0.3, -0.25) is 4.79 Å². The lowest BCUT2D eigenvalue weighted by Crippen LogP contribution is -2.18. The summed E-state index contributed by atoms with van der Waals surface area (Å²) in [6.45, 7) is 2.28. The van der Waals surface area contributed by atoms with E-state index >= 15 is 0 Å². The van der Waals surface area contributed by atoms with Crippen LogP contribution in [0.1, 0.15) is 13.3 Å². The van der Waals surface area contributed by atoms with Crippen LogP contribution in [0.2, 0.25) is 0 Å². The van der Waals surface area contributed by atoms with Crippen LogP contribution in [0.15, 0.2) is 12.1 Å². The number of pyridine rings is 1. The van der Waals surface area contributed by atoms with Crippen molar-refractivity contribution in [3.05, 3.63) is 24.0 Å². The number of amides is 1. The van der Waals surface area contributed by atoms with Crippen LogP contribution in [0.25, 0.3) is 0 Å². The fraction of sp³-hybridized carbons (Fsp3) is 0.455. The van der Waals surface area contributed by atoms with Crippen LogP contribution < -0.4 is 5.32 Å². The van der Waals surface area contributed by atoms with Gasteiger partial charge in [-0.25, -0.2) is 0 Å². The average Bonchev–Trinajstić information content (AvgIpc) is 2.22. The highest BCUT2D eigenvalue weighted by Gasteiger charge is 2.12. The zero-order chi connectivity index (χ0) is 12.8. The third-order valence-electron chi connectivity index (χ3n) is 2.07. The SMILES string of the molecule is COCC(C)CC(=O)Nc1ccc(F)nc1F. The standard InChI is InChI=1S/C11H14F2N2O2/c1-7(6-17-2)5-10(16)14-8-3-4-9(12)15-11(8)13/h3-4,7H,5-6H2,1-2H3,(H,14,16). The number of hydrogen-bond acceptors (Lipinski definition) is 3. The molecule has 6 heteroatoms. The molecule has 0 radical (unpaired) electrons. The summed E-state index contributed by atoms with van der Waals surface area (Å²) in [5.41, 5.74) is -0.124. The molecule has 0 aromatic carbocycles. The van der Waals surface area contributed by atoms with E-state index in [-0.39, 0.29) is 23.9 Å². The topological polar surface area (TPSA) is 51.2 Å². The van der Waals surface area contributed by atoms with Gasteiger partial charge in [-0.05, 0) is 18.1 Å². The number of aromatic nitrogens is 1. The van der Waals surface area contributed by atoms with Crippen molar-refractivity contribution >= 4 is 11.6 Å². The summed E-state index contributed by atoms with van der Waals surface area (Å²) in [5.74, 6) is -2.29. The Morgan fingerprint density at radius 3 is 2.82 bits per heavy atom.